The van der Waals surface area contributed by atoms with Gasteiger partial charge in [0.2, 0.25) is 0 Å². The number of hydrogen-bond acceptors (Lipinski definition) is 8. The lowest BCUT2D eigenvalue weighted by Gasteiger charge is -2.37. The van der Waals surface area contributed by atoms with Crippen molar-refractivity contribution in [3.05, 3.63) is 60.7 Å². The van der Waals surface area contributed by atoms with Crippen molar-refractivity contribution in [2.24, 2.45) is 11.7 Å². The van der Waals surface area contributed by atoms with Gasteiger partial charge in [0.25, 0.3) is 0 Å². The third-order valence-corrected chi connectivity index (χ3v) is 6.40. The zero-order chi connectivity index (χ0) is 27.7. The Bertz CT molecular complexity index is 1480. The Labute approximate surface area is 233 Å². The molecule has 0 bridgehead atoms. The fraction of sp³-hybridized carbons (Fsp3) is 0.308. The molecule has 0 spiro atoms. The van der Waals surface area contributed by atoms with Gasteiger partial charge in [0.05, 0.1) is 18.9 Å². The number of nitrogens with one attached hydrogen (secondary N) is 1. The van der Waals surface area contributed by atoms with E-state index in [4.69, 9.17) is 10.5 Å². The Balaban J connectivity index is 0.00000370. The molecule has 0 radical (unpaired) electrons. The minimum Gasteiger partial charge on any atom is -0.496 e. The maximum atomic E-state index is 14.6. The highest BCUT2D eigenvalue weighted by atomic mass is 35.5. The van der Waals surface area contributed by atoms with Crippen molar-refractivity contribution in [1.29, 1.82) is 0 Å². The number of nitrogens with zero attached hydrogens (tertiary/aromatic N) is 6. The molecule has 40 heavy (non-hydrogen) atoms. The molecule has 0 unspecified atom stereocenters. The van der Waals surface area contributed by atoms with Crippen molar-refractivity contribution in [3.8, 4) is 28.3 Å². The van der Waals surface area contributed by atoms with E-state index in [0.29, 0.717) is 46.5 Å². The van der Waals surface area contributed by atoms with Crippen molar-refractivity contribution in [3.63, 3.8) is 0 Å². The average molecular weight is 579 g/mol. The number of alkyl halides is 2. The molecule has 1 aliphatic rings. The van der Waals surface area contributed by atoms with Crippen LogP contribution < -0.4 is 20.7 Å². The molecule has 0 amide bonds. The maximum absolute atomic E-state index is 14.6. The topological polar surface area (TPSA) is 107 Å². The molecular formula is C26H27ClF4N8O. The zero-order valence-electron chi connectivity index (χ0n) is 21.6. The molecule has 4 aromatic rings. The Kier molecular flexibility index (Phi) is 8.74. The van der Waals surface area contributed by atoms with Crippen LogP contribution in [0.3, 0.4) is 0 Å². The lowest BCUT2D eigenvalue weighted by molar-refractivity contribution is 0.0566. The molecule has 1 saturated heterocycles. The molecule has 1 fully saturated rings. The highest BCUT2D eigenvalue weighted by Crippen LogP contribution is 2.36. The van der Waals surface area contributed by atoms with Crippen LogP contribution in [0, 0.1) is 17.6 Å². The molecular weight excluding hydrogens is 552 g/mol. The second-order valence-corrected chi connectivity index (χ2v) is 9.43. The van der Waals surface area contributed by atoms with Gasteiger partial charge in [-0.3, -0.25) is 0 Å². The molecule has 4 heterocycles. The third-order valence-electron chi connectivity index (χ3n) is 6.40. The first-order valence-corrected chi connectivity index (χ1v) is 12.2. The van der Waals surface area contributed by atoms with Gasteiger partial charge in [-0.15, -0.1) is 12.4 Å². The van der Waals surface area contributed by atoms with E-state index in [-0.39, 0.29) is 35.6 Å². The number of piperidine rings is 1. The van der Waals surface area contributed by atoms with Crippen LogP contribution in [0.2, 0.25) is 0 Å². The number of anilines is 3. The molecule has 5 rings (SSSR count). The van der Waals surface area contributed by atoms with E-state index in [9.17, 15) is 17.6 Å². The van der Waals surface area contributed by atoms with Crippen LogP contribution in [0.4, 0.5) is 34.9 Å². The van der Waals surface area contributed by atoms with E-state index in [1.807, 2.05) is 0 Å². The summed E-state index contributed by atoms with van der Waals surface area (Å²) in [7, 11) is 1.30. The molecule has 1 aromatic carbocycles. The van der Waals surface area contributed by atoms with Gasteiger partial charge in [0.1, 0.15) is 29.0 Å². The van der Waals surface area contributed by atoms with Crippen molar-refractivity contribution in [2.45, 2.75) is 25.9 Å². The quantitative estimate of drug-likeness (QED) is 0.280. The smallest absolute Gasteiger partial charge is 0.333 e. The van der Waals surface area contributed by atoms with Gasteiger partial charge in [-0.05, 0) is 18.4 Å². The van der Waals surface area contributed by atoms with Gasteiger partial charge in [-0.2, -0.15) is 13.9 Å². The lowest BCUT2D eigenvalue weighted by Crippen LogP contribution is -2.46. The molecule has 212 valence electrons. The number of benzene rings is 1. The minimum absolute atomic E-state index is 0. The second kappa shape index (κ2) is 12.0. The standard InChI is InChI=1S/C26H26F4N8O.ClH/c1-14-5-17(31)13-37(11-14)20-8-23(33-10-18(20)15-9-34-38(12-15)26(29)30)35-22-3-4-32-25(36-22)24-19(28)6-16(27)7-21(24)39-2;/h3-4,6-10,12,14,17,26H,5,11,13,31H2,1-2H3,(H,32,33,35,36);1H/t14-,17-;/m0./s1. The van der Waals surface area contributed by atoms with Gasteiger partial charge in [0, 0.05) is 72.7 Å². The van der Waals surface area contributed by atoms with Gasteiger partial charge in [-0.25, -0.2) is 28.4 Å². The molecule has 14 heteroatoms. The summed E-state index contributed by atoms with van der Waals surface area (Å²) in [6.07, 6.45) is 6.51. The van der Waals surface area contributed by atoms with Crippen molar-refractivity contribution < 1.29 is 22.3 Å². The van der Waals surface area contributed by atoms with Gasteiger partial charge >= 0.3 is 6.55 Å². The van der Waals surface area contributed by atoms with Crippen LogP contribution in [0.15, 0.2) is 49.1 Å². The Morgan fingerprint density at radius 2 is 1.90 bits per heavy atom. The molecule has 3 aromatic heterocycles. The summed E-state index contributed by atoms with van der Waals surface area (Å²) in [6.45, 7) is 0.627. The molecule has 1 aliphatic heterocycles. The molecule has 0 aliphatic carbocycles. The van der Waals surface area contributed by atoms with Gasteiger partial charge in [-0.1, -0.05) is 6.92 Å². The fourth-order valence-corrected chi connectivity index (χ4v) is 4.79. The lowest BCUT2D eigenvalue weighted by atomic mass is 9.95. The highest BCUT2D eigenvalue weighted by Gasteiger charge is 2.26. The van der Waals surface area contributed by atoms with Crippen LogP contribution in [-0.2, 0) is 0 Å². The van der Waals surface area contributed by atoms with Crippen molar-refractivity contribution >= 4 is 29.7 Å². The van der Waals surface area contributed by atoms with Crippen LogP contribution >= 0.6 is 12.4 Å². The summed E-state index contributed by atoms with van der Waals surface area (Å²) < 4.78 is 60.4. The number of nitrogens with two attached hydrogens (primary N) is 1. The largest absolute Gasteiger partial charge is 0.496 e. The fourth-order valence-electron chi connectivity index (χ4n) is 4.79. The molecule has 9 nitrogen and oxygen atoms in total. The van der Waals surface area contributed by atoms with Crippen molar-refractivity contribution in [1.82, 2.24) is 24.7 Å². The second-order valence-electron chi connectivity index (χ2n) is 9.43. The molecule has 3 N–H and O–H groups in total. The van der Waals surface area contributed by atoms with Gasteiger partial charge < -0.3 is 20.7 Å². The van der Waals surface area contributed by atoms with Crippen LogP contribution in [0.25, 0.3) is 22.5 Å². The molecule has 2 atom stereocenters. The number of aromatic nitrogens is 5. The number of methoxy groups -OCH3 is 1. The van der Waals surface area contributed by atoms with E-state index in [1.165, 1.54) is 25.7 Å². The van der Waals surface area contributed by atoms with E-state index < -0.39 is 18.2 Å². The monoisotopic (exact) mass is 578 g/mol. The third kappa shape index (κ3) is 6.10. The first-order valence-electron chi connectivity index (χ1n) is 12.2. The Morgan fingerprint density at radius 1 is 1.10 bits per heavy atom. The summed E-state index contributed by atoms with van der Waals surface area (Å²) in [5.74, 6) is -0.696. The predicted molar refractivity (Wildman–Crippen MR) is 145 cm³/mol. The van der Waals surface area contributed by atoms with Crippen LogP contribution in [-0.4, -0.2) is 51.0 Å². The Morgan fingerprint density at radius 3 is 2.60 bits per heavy atom. The van der Waals surface area contributed by atoms with Gasteiger partial charge in [0.15, 0.2) is 5.82 Å². The zero-order valence-corrected chi connectivity index (χ0v) is 22.4. The summed E-state index contributed by atoms with van der Waals surface area (Å²) in [5, 5.41) is 6.85. The van der Waals surface area contributed by atoms with E-state index in [2.05, 4.69) is 37.2 Å². The first kappa shape index (κ1) is 29.0. The average Bonchev–Trinajstić information content (AvgIpc) is 3.38. The summed E-state index contributed by atoms with van der Waals surface area (Å²) in [6, 6.07) is 5.07. The van der Waals surface area contributed by atoms with Crippen molar-refractivity contribution in [2.75, 3.05) is 30.4 Å². The molecule has 0 saturated carbocycles. The predicted octanol–water partition coefficient (Wildman–Crippen LogP) is 5.42. The highest BCUT2D eigenvalue weighted by molar-refractivity contribution is 5.85. The SMILES string of the molecule is COc1cc(F)cc(F)c1-c1nccc(Nc2cc(N3C[C@@H](C)C[C@H](N)C3)c(-c3cnn(C(F)F)c3)cn2)n1.Cl. The number of hydrogen-bond donors (Lipinski definition) is 2. The summed E-state index contributed by atoms with van der Waals surface area (Å²) in [4.78, 5) is 15.1. The van der Waals surface area contributed by atoms with E-state index in [0.717, 1.165) is 24.2 Å². The van der Waals surface area contributed by atoms with E-state index >= 15 is 0 Å². The minimum atomic E-state index is -2.77. The Hall–Kier alpha value is -3.97. The summed E-state index contributed by atoms with van der Waals surface area (Å²) in [5.41, 5.74) is 8.06. The number of rotatable bonds is 7. The summed E-state index contributed by atoms with van der Waals surface area (Å²) >= 11 is 0. The maximum Gasteiger partial charge on any atom is 0.333 e. The van der Waals surface area contributed by atoms with E-state index in [1.54, 1.807) is 18.3 Å². The van der Waals surface area contributed by atoms with Crippen LogP contribution in [0.1, 0.15) is 19.9 Å². The number of halogens is 5. The number of ether oxygens (including phenoxy) is 1. The van der Waals surface area contributed by atoms with Crippen LogP contribution in [0.5, 0.6) is 5.75 Å². The first-order chi connectivity index (χ1) is 18.7. The normalized spacial score (nSPS) is 17.1. The number of pyridine rings is 1.